The van der Waals surface area contributed by atoms with Gasteiger partial charge in [0.05, 0.1) is 12.8 Å². The fourth-order valence-corrected chi connectivity index (χ4v) is 4.09. The monoisotopic (exact) mass is 404 g/mol. The molecule has 2 aromatic heterocycles. The molecule has 1 fully saturated rings. The molecule has 29 heavy (non-hydrogen) atoms. The molecule has 0 saturated carbocycles. The normalized spacial score (nSPS) is 16.1. The quantitative estimate of drug-likeness (QED) is 0.685. The zero-order valence-electron chi connectivity index (χ0n) is 15.8. The van der Waals surface area contributed by atoms with E-state index in [1.54, 1.807) is 6.26 Å². The third-order valence-corrected chi connectivity index (χ3v) is 5.63. The van der Waals surface area contributed by atoms with E-state index in [1.165, 1.54) is 11.8 Å². The van der Waals surface area contributed by atoms with Crippen LogP contribution in [0.3, 0.4) is 0 Å². The first-order valence-corrected chi connectivity index (χ1v) is 10.4. The maximum Gasteiger partial charge on any atom is 0.234 e. The van der Waals surface area contributed by atoms with Crippen molar-refractivity contribution in [1.82, 2.24) is 15.0 Å². The van der Waals surface area contributed by atoms with Crippen molar-refractivity contribution in [2.75, 3.05) is 29.9 Å². The number of hydrogen-bond acceptors (Lipinski definition) is 8. The van der Waals surface area contributed by atoms with Crippen LogP contribution in [0.1, 0.15) is 18.6 Å². The van der Waals surface area contributed by atoms with E-state index in [0.717, 1.165) is 48.0 Å². The van der Waals surface area contributed by atoms with Crippen molar-refractivity contribution in [2.24, 2.45) is 4.99 Å². The van der Waals surface area contributed by atoms with Crippen LogP contribution in [0, 0.1) is 0 Å². The Hall–Kier alpha value is -3.13. The van der Waals surface area contributed by atoms with E-state index >= 15 is 0 Å². The van der Waals surface area contributed by atoms with Gasteiger partial charge in [-0.15, -0.1) is 0 Å². The molecule has 1 aromatic carbocycles. The summed E-state index contributed by atoms with van der Waals surface area (Å²) in [7, 11) is 0. The van der Waals surface area contributed by atoms with E-state index in [9.17, 15) is 0 Å². The molecule has 7 nitrogen and oxygen atoms in total. The van der Waals surface area contributed by atoms with Crippen LogP contribution in [0.25, 0.3) is 5.57 Å². The number of amidine groups is 1. The third-order valence-electron chi connectivity index (χ3n) is 4.75. The van der Waals surface area contributed by atoms with Crippen LogP contribution in [-0.2, 0) is 0 Å². The Morgan fingerprint density at radius 3 is 2.62 bits per heavy atom. The number of rotatable bonds is 5. The number of hydrogen-bond donors (Lipinski definition) is 1. The minimum absolute atomic E-state index is 0.510. The Bertz CT molecular complexity index is 1040. The van der Waals surface area contributed by atoms with Crippen molar-refractivity contribution in [3.05, 3.63) is 60.6 Å². The van der Waals surface area contributed by atoms with E-state index in [4.69, 9.17) is 9.40 Å². The molecule has 0 unspecified atom stereocenters. The van der Waals surface area contributed by atoms with Gasteiger partial charge < -0.3 is 14.6 Å². The number of furan rings is 1. The Kier molecular flexibility index (Phi) is 5.00. The van der Waals surface area contributed by atoms with Gasteiger partial charge in [-0.3, -0.25) is 4.99 Å². The van der Waals surface area contributed by atoms with Gasteiger partial charge in [-0.05, 0) is 54.9 Å². The Labute approximate surface area is 173 Å². The maximum absolute atomic E-state index is 5.47. The second kappa shape index (κ2) is 8.08. The number of aliphatic imine (C=N–C) groups is 1. The van der Waals surface area contributed by atoms with Gasteiger partial charge in [-0.1, -0.05) is 18.2 Å². The minimum atomic E-state index is 0.510. The summed E-state index contributed by atoms with van der Waals surface area (Å²) in [4.78, 5) is 21.8. The number of aromatic nitrogens is 3. The van der Waals surface area contributed by atoms with Crippen LogP contribution in [-0.4, -0.2) is 40.4 Å². The lowest BCUT2D eigenvalue weighted by atomic mass is 10.2. The van der Waals surface area contributed by atoms with E-state index < -0.39 is 0 Å². The van der Waals surface area contributed by atoms with E-state index in [1.807, 2.05) is 36.4 Å². The molecular formula is C21H20N6OS. The highest BCUT2D eigenvalue weighted by atomic mass is 32.2. The molecule has 0 amide bonds. The van der Waals surface area contributed by atoms with Crippen molar-refractivity contribution < 1.29 is 4.42 Å². The van der Waals surface area contributed by atoms with Crippen LogP contribution < -0.4 is 10.2 Å². The van der Waals surface area contributed by atoms with Crippen molar-refractivity contribution >= 4 is 35.1 Å². The zero-order chi connectivity index (χ0) is 19.5. The lowest BCUT2D eigenvalue weighted by molar-refractivity contribution is 0.552. The predicted molar refractivity (Wildman–Crippen MR) is 114 cm³/mol. The first-order valence-electron chi connectivity index (χ1n) is 9.63. The van der Waals surface area contributed by atoms with Gasteiger partial charge in [0.15, 0.2) is 5.16 Å². The minimum Gasteiger partial charge on any atom is -0.465 e. The first kappa shape index (κ1) is 17.9. The van der Waals surface area contributed by atoms with Gasteiger partial charge >= 0.3 is 0 Å². The molecule has 3 aromatic rings. The second-order valence-electron chi connectivity index (χ2n) is 6.82. The Morgan fingerprint density at radius 1 is 0.966 bits per heavy atom. The van der Waals surface area contributed by atoms with Crippen molar-refractivity contribution in [2.45, 2.75) is 22.9 Å². The van der Waals surface area contributed by atoms with Gasteiger partial charge in [0.1, 0.15) is 11.6 Å². The van der Waals surface area contributed by atoms with Crippen LogP contribution in [0.2, 0.25) is 0 Å². The molecule has 0 bridgehead atoms. The second-order valence-corrected chi connectivity index (χ2v) is 7.86. The number of nitrogens with one attached hydrogen (secondary N) is 1. The molecule has 0 aliphatic carbocycles. The SMILES string of the molecule is C1=C(c2ccco2)CN=C1Nc1nc(Sc2ccccc2)nc(N2CCCC2)n1. The number of anilines is 2. The van der Waals surface area contributed by atoms with E-state index in [-0.39, 0.29) is 0 Å². The van der Waals surface area contributed by atoms with Gasteiger partial charge in [-0.25, -0.2) is 0 Å². The molecular weight excluding hydrogens is 384 g/mol. The zero-order valence-corrected chi connectivity index (χ0v) is 16.6. The van der Waals surface area contributed by atoms with Gasteiger partial charge in [0.2, 0.25) is 11.9 Å². The average molecular weight is 404 g/mol. The fraction of sp³-hybridized carbons (Fsp3) is 0.238. The summed E-state index contributed by atoms with van der Waals surface area (Å²) in [6, 6.07) is 13.9. The predicted octanol–water partition coefficient (Wildman–Crippen LogP) is 4.12. The van der Waals surface area contributed by atoms with E-state index in [2.05, 4.69) is 37.3 Å². The summed E-state index contributed by atoms with van der Waals surface area (Å²) in [6.07, 6.45) is 5.97. The molecule has 2 aliphatic rings. The van der Waals surface area contributed by atoms with Gasteiger partial charge in [0.25, 0.3) is 0 Å². The highest BCUT2D eigenvalue weighted by Gasteiger charge is 2.19. The third kappa shape index (κ3) is 4.17. The molecule has 5 rings (SSSR count). The Morgan fingerprint density at radius 2 is 1.83 bits per heavy atom. The number of nitrogens with zero attached hydrogens (tertiary/aromatic N) is 5. The van der Waals surface area contributed by atoms with Crippen molar-refractivity contribution in [3.8, 4) is 0 Å². The standard InChI is InChI=1S/C21H20N6OS/c1-2-7-16(8-3-1)29-21-25-19(24-20(26-21)27-10-4-5-11-27)23-18-13-15(14-22-18)17-9-6-12-28-17/h1-3,6-9,12-13H,4-5,10-11,14H2,(H,22,23,24,25,26). The van der Waals surface area contributed by atoms with Gasteiger partial charge in [0, 0.05) is 23.6 Å². The van der Waals surface area contributed by atoms with Gasteiger partial charge in [-0.2, -0.15) is 15.0 Å². The molecule has 0 spiro atoms. The molecule has 8 heteroatoms. The van der Waals surface area contributed by atoms with Crippen LogP contribution >= 0.6 is 11.8 Å². The molecule has 0 atom stereocenters. The number of benzene rings is 1. The summed E-state index contributed by atoms with van der Waals surface area (Å²) in [5.74, 6) is 2.79. The smallest absolute Gasteiger partial charge is 0.234 e. The average Bonchev–Trinajstić information content (AvgIpc) is 3.50. The highest BCUT2D eigenvalue weighted by molar-refractivity contribution is 7.99. The fourth-order valence-electron chi connectivity index (χ4n) is 3.33. The van der Waals surface area contributed by atoms with Crippen molar-refractivity contribution in [3.63, 3.8) is 0 Å². The molecule has 0 radical (unpaired) electrons. The lowest BCUT2D eigenvalue weighted by Crippen LogP contribution is -2.22. The summed E-state index contributed by atoms with van der Waals surface area (Å²) < 4.78 is 5.47. The summed E-state index contributed by atoms with van der Waals surface area (Å²) in [5, 5.41) is 3.92. The van der Waals surface area contributed by atoms with Crippen LogP contribution in [0.15, 0.2) is 74.3 Å². The first-order chi connectivity index (χ1) is 14.3. The van der Waals surface area contributed by atoms with Crippen LogP contribution in [0.5, 0.6) is 0 Å². The molecule has 4 heterocycles. The van der Waals surface area contributed by atoms with Crippen molar-refractivity contribution in [1.29, 1.82) is 0 Å². The summed E-state index contributed by atoms with van der Waals surface area (Å²) >= 11 is 1.53. The largest absolute Gasteiger partial charge is 0.465 e. The molecule has 2 aliphatic heterocycles. The summed E-state index contributed by atoms with van der Waals surface area (Å²) in [6.45, 7) is 2.52. The molecule has 1 N–H and O–H groups in total. The lowest BCUT2D eigenvalue weighted by Gasteiger charge is -2.16. The molecule has 1 saturated heterocycles. The van der Waals surface area contributed by atoms with Crippen LogP contribution in [0.4, 0.5) is 11.9 Å². The Balaban J connectivity index is 1.41. The highest BCUT2D eigenvalue weighted by Crippen LogP contribution is 2.28. The topological polar surface area (TPSA) is 79.4 Å². The molecule has 146 valence electrons. The summed E-state index contributed by atoms with van der Waals surface area (Å²) in [5.41, 5.74) is 1.03. The van der Waals surface area contributed by atoms with E-state index in [0.29, 0.717) is 23.6 Å². The maximum atomic E-state index is 5.47.